The summed E-state index contributed by atoms with van der Waals surface area (Å²) in [5, 5.41) is 0.367. The summed E-state index contributed by atoms with van der Waals surface area (Å²) in [7, 11) is 0. The molecular formula is C17H18F2N2O3S. The first-order valence-electron chi connectivity index (χ1n) is 8.29. The van der Waals surface area contributed by atoms with Crippen LogP contribution in [0.25, 0.3) is 10.2 Å². The number of hydrogen-bond acceptors (Lipinski definition) is 4. The molecule has 2 aliphatic carbocycles. The quantitative estimate of drug-likeness (QED) is 0.780. The second kappa shape index (κ2) is 5.09. The molecule has 5 nitrogen and oxygen atoms in total. The second-order valence-electron chi connectivity index (χ2n) is 7.55. The van der Waals surface area contributed by atoms with E-state index in [1.54, 1.807) is 6.92 Å². The molecular weight excluding hydrogens is 350 g/mol. The van der Waals surface area contributed by atoms with Crippen molar-refractivity contribution in [2.75, 3.05) is 0 Å². The Morgan fingerprint density at radius 2 is 1.92 bits per heavy atom. The zero-order valence-corrected chi connectivity index (χ0v) is 14.8. The molecule has 2 aliphatic rings. The first kappa shape index (κ1) is 16.6. The standard InChI is InChI=1S/C17H18F2N2O3S/c1-9-11(8-22)25-14-12(9)13(23)21(16(2)3-4-16)15(24)20(14)7-10-5-17(18,19)6-10/h8,10H,3-7H2,1-2H3. The maximum atomic E-state index is 13.2. The van der Waals surface area contributed by atoms with Gasteiger partial charge >= 0.3 is 5.69 Å². The number of halogens is 2. The normalized spacial score (nSPS) is 21.3. The van der Waals surface area contributed by atoms with Gasteiger partial charge < -0.3 is 0 Å². The lowest BCUT2D eigenvalue weighted by Crippen LogP contribution is -2.47. The van der Waals surface area contributed by atoms with Crippen molar-refractivity contribution in [1.29, 1.82) is 0 Å². The number of thiophene rings is 1. The Morgan fingerprint density at radius 1 is 1.28 bits per heavy atom. The zero-order valence-electron chi connectivity index (χ0n) is 14.0. The van der Waals surface area contributed by atoms with Crippen molar-refractivity contribution in [1.82, 2.24) is 9.13 Å². The van der Waals surface area contributed by atoms with E-state index in [1.165, 1.54) is 9.13 Å². The highest BCUT2D eigenvalue weighted by molar-refractivity contribution is 7.20. The highest BCUT2D eigenvalue weighted by Gasteiger charge is 2.46. The van der Waals surface area contributed by atoms with Crippen LogP contribution >= 0.6 is 11.3 Å². The van der Waals surface area contributed by atoms with E-state index in [1.807, 2.05) is 6.92 Å². The van der Waals surface area contributed by atoms with Crippen molar-refractivity contribution in [2.45, 2.75) is 57.5 Å². The van der Waals surface area contributed by atoms with Crippen molar-refractivity contribution < 1.29 is 13.6 Å². The summed E-state index contributed by atoms with van der Waals surface area (Å²) in [6.07, 6.45) is 1.65. The zero-order chi connectivity index (χ0) is 18.1. The predicted octanol–water partition coefficient (Wildman–Crippen LogP) is 2.90. The number of aryl methyl sites for hydroxylation is 1. The van der Waals surface area contributed by atoms with E-state index in [0.29, 0.717) is 26.9 Å². The Kier molecular flexibility index (Phi) is 3.39. The minimum absolute atomic E-state index is 0.152. The van der Waals surface area contributed by atoms with Crippen LogP contribution in [0.5, 0.6) is 0 Å². The minimum Gasteiger partial charge on any atom is -0.297 e. The van der Waals surface area contributed by atoms with Crippen LogP contribution in [0.1, 0.15) is 47.8 Å². The van der Waals surface area contributed by atoms with Crippen LogP contribution in [-0.4, -0.2) is 21.3 Å². The molecule has 134 valence electrons. The molecule has 0 bridgehead atoms. The fraction of sp³-hybridized carbons (Fsp3) is 0.588. The SMILES string of the molecule is Cc1c(C=O)sc2c1c(=O)n(C1(C)CC1)c(=O)n2CC1CC(F)(F)C1. The van der Waals surface area contributed by atoms with Gasteiger partial charge in [-0.25, -0.2) is 13.6 Å². The lowest BCUT2D eigenvalue weighted by Gasteiger charge is -2.35. The number of nitrogens with zero attached hydrogens (tertiary/aromatic N) is 2. The number of fused-ring (bicyclic) bond motifs is 1. The number of carbonyl (C=O) groups is 1. The van der Waals surface area contributed by atoms with Gasteiger partial charge in [0.15, 0.2) is 6.29 Å². The average molecular weight is 368 g/mol. The fourth-order valence-electron chi connectivity index (χ4n) is 3.69. The monoisotopic (exact) mass is 368 g/mol. The molecule has 0 saturated heterocycles. The van der Waals surface area contributed by atoms with Crippen molar-refractivity contribution in [3.63, 3.8) is 0 Å². The Labute approximate surface area is 145 Å². The maximum Gasteiger partial charge on any atom is 0.332 e. The summed E-state index contributed by atoms with van der Waals surface area (Å²) in [6.45, 7) is 3.70. The van der Waals surface area contributed by atoms with E-state index < -0.39 is 17.2 Å². The van der Waals surface area contributed by atoms with Crippen LogP contribution in [-0.2, 0) is 12.1 Å². The van der Waals surface area contributed by atoms with Gasteiger partial charge in [-0.15, -0.1) is 11.3 Å². The van der Waals surface area contributed by atoms with Crippen molar-refractivity contribution in [3.05, 3.63) is 31.3 Å². The highest BCUT2D eigenvalue weighted by atomic mass is 32.1. The molecule has 0 aliphatic heterocycles. The maximum absolute atomic E-state index is 13.2. The lowest BCUT2D eigenvalue weighted by atomic mass is 9.81. The molecule has 0 radical (unpaired) electrons. The average Bonchev–Trinajstić information content (AvgIpc) is 3.14. The van der Waals surface area contributed by atoms with Gasteiger partial charge in [0, 0.05) is 19.4 Å². The minimum atomic E-state index is -2.66. The molecule has 0 spiro atoms. The number of aromatic nitrogens is 2. The smallest absolute Gasteiger partial charge is 0.297 e. The van der Waals surface area contributed by atoms with Gasteiger partial charge in [0.1, 0.15) is 4.83 Å². The summed E-state index contributed by atoms with van der Waals surface area (Å²) in [4.78, 5) is 38.0. The highest BCUT2D eigenvalue weighted by Crippen LogP contribution is 2.44. The topological polar surface area (TPSA) is 61.1 Å². The molecule has 0 unspecified atom stereocenters. The molecule has 2 fully saturated rings. The number of alkyl halides is 2. The number of aldehydes is 1. The molecule has 2 saturated carbocycles. The Balaban J connectivity index is 1.95. The molecule has 2 aromatic rings. The molecule has 2 aromatic heterocycles. The van der Waals surface area contributed by atoms with E-state index >= 15 is 0 Å². The molecule has 2 heterocycles. The summed E-state index contributed by atoms with van der Waals surface area (Å²) in [5.74, 6) is -2.96. The van der Waals surface area contributed by atoms with Crippen LogP contribution in [0.2, 0.25) is 0 Å². The summed E-state index contributed by atoms with van der Waals surface area (Å²) in [6, 6.07) is 0. The van der Waals surface area contributed by atoms with E-state index in [0.717, 1.165) is 24.2 Å². The molecule has 0 amide bonds. The van der Waals surface area contributed by atoms with Gasteiger partial charge in [-0.05, 0) is 38.2 Å². The lowest BCUT2D eigenvalue weighted by molar-refractivity contribution is -0.114. The summed E-state index contributed by atoms with van der Waals surface area (Å²) in [5.41, 5.74) is -0.780. The van der Waals surface area contributed by atoms with Gasteiger partial charge in [0.2, 0.25) is 5.92 Å². The molecule has 25 heavy (non-hydrogen) atoms. The van der Waals surface area contributed by atoms with Gasteiger partial charge in [-0.2, -0.15) is 0 Å². The third-order valence-electron chi connectivity index (χ3n) is 5.49. The first-order valence-corrected chi connectivity index (χ1v) is 9.11. The molecule has 8 heteroatoms. The van der Waals surface area contributed by atoms with Crippen molar-refractivity contribution in [3.8, 4) is 0 Å². The van der Waals surface area contributed by atoms with E-state index in [2.05, 4.69) is 0 Å². The van der Waals surface area contributed by atoms with Gasteiger partial charge in [-0.3, -0.25) is 18.7 Å². The molecule has 0 N–H and O–H groups in total. The number of rotatable bonds is 4. The molecule has 0 aromatic carbocycles. The van der Waals surface area contributed by atoms with Crippen LogP contribution in [0.15, 0.2) is 9.59 Å². The van der Waals surface area contributed by atoms with Crippen LogP contribution in [0, 0.1) is 12.8 Å². The predicted molar refractivity (Wildman–Crippen MR) is 91.0 cm³/mol. The summed E-state index contributed by atoms with van der Waals surface area (Å²) < 4.78 is 29.1. The van der Waals surface area contributed by atoms with Gasteiger partial charge in [-0.1, -0.05) is 0 Å². The van der Waals surface area contributed by atoms with Crippen LogP contribution in [0.3, 0.4) is 0 Å². The number of carbonyl (C=O) groups excluding carboxylic acids is 1. The third-order valence-corrected chi connectivity index (χ3v) is 6.73. The van der Waals surface area contributed by atoms with Crippen LogP contribution in [0.4, 0.5) is 8.78 Å². The molecule has 4 rings (SSSR count). The molecule has 0 atom stereocenters. The van der Waals surface area contributed by atoms with E-state index in [9.17, 15) is 23.2 Å². The third kappa shape index (κ3) is 2.41. The summed E-state index contributed by atoms with van der Waals surface area (Å²) >= 11 is 1.09. The van der Waals surface area contributed by atoms with Crippen molar-refractivity contribution >= 4 is 27.8 Å². The van der Waals surface area contributed by atoms with E-state index in [4.69, 9.17) is 0 Å². The fourth-order valence-corrected chi connectivity index (χ4v) is 4.81. The Hall–Kier alpha value is -1.83. The largest absolute Gasteiger partial charge is 0.332 e. The van der Waals surface area contributed by atoms with Gasteiger partial charge in [0.25, 0.3) is 5.56 Å². The van der Waals surface area contributed by atoms with Gasteiger partial charge in [0.05, 0.1) is 15.8 Å². The van der Waals surface area contributed by atoms with E-state index in [-0.39, 0.29) is 30.9 Å². The Morgan fingerprint density at radius 3 is 2.44 bits per heavy atom. The van der Waals surface area contributed by atoms with Crippen molar-refractivity contribution in [2.24, 2.45) is 5.92 Å². The number of hydrogen-bond donors (Lipinski definition) is 0. The second-order valence-corrected chi connectivity index (χ2v) is 8.58. The Bertz CT molecular complexity index is 1010. The first-order chi connectivity index (χ1) is 11.7. The van der Waals surface area contributed by atoms with Crippen LogP contribution < -0.4 is 11.2 Å².